The van der Waals surface area contributed by atoms with Gasteiger partial charge in [0.15, 0.2) is 0 Å². The van der Waals surface area contributed by atoms with Crippen molar-refractivity contribution >= 4 is 10.8 Å². The maximum Gasteiger partial charge on any atom is 0.0107 e. The SMILES string of the molecule is C=CC[C@H](CNCCN(CC)CC)c1cccc2ccccc12. The number of hydrogen-bond donors (Lipinski definition) is 1. The first-order valence-corrected chi connectivity index (χ1v) is 8.81. The molecular weight excluding hydrogens is 280 g/mol. The largest absolute Gasteiger partial charge is 0.315 e. The second-order valence-corrected chi connectivity index (χ2v) is 6.02. The molecule has 0 saturated heterocycles. The molecule has 2 aromatic carbocycles. The van der Waals surface area contributed by atoms with Gasteiger partial charge < -0.3 is 10.2 Å². The second kappa shape index (κ2) is 9.49. The first-order valence-electron chi connectivity index (χ1n) is 8.81. The van der Waals surface area contributed by atoms with Gasteiger partial charge in [0, 0.05) is 25.6 Å². The van der Waals surface area contributed by atoms with Crippen molar-refractivity contribution in [1.82, 2.24) is 10.2 Å². The molecule has 124 valence electrons. The van der Waals surface area contributed by atoms with Gasteiger partial charge in [0.1, 0.15) is 0 Å². The second-order valence-electron chi connectivity index (χ2n) is 6.02. The highest BCUT2D eigenvalue weighted by molar-refractivity contribution is 5.86. The van der Waals surface area contributed by atoms with Crippen LogP contribution in [0.2, 0.25) is 0 Å². The van der Waals surface area contributed by atoms with E-state index in [0.29, 0.717) is 5.92 Å². The van der Waals surface area contributed by atoms with E-state index in [1.54, 1.807) is 0 Å². The summed E-state index contributed by atoms with van der Waals surface area (Å²) in [5.74, 6) is 0.482. The van der Waals surface area contributed by atoms with Gasteiger partial charge in [-0.15, -0.1) is 6.58 Å². The quantitative estimate of drug-likeness (QED) is 0.516. The van der Waals surface area contributed by atoms with Crippen LogP contribution in [0.4, 0.5) is 0 Å². The molecule has 0 bridgehead atoms. The molecule has 1 atom stereocenters. The Labute approximate surface area is 141 Å². The van der Waals surface area contributed by atoms with Crippen molar-refractivity contribution in [2.24, 2.45) is 0 Å². The number of likely N-dealkylation sites (N-methyl/N-ethyl adjacent to an activating group) is 1. The van der Waals surface area contributed by atoms with Gasteiger partial charge in [0.05, 0.1) is 0 Å². The lowest BCUT2D eigenvalue weighted by Gasteiger charge is -2.21. The van der Waals surface area contributed by atoms with Crippen LogP contribution in [-0.2, 0) is 0 Å². The first kappa shape index (κ1) is 17.7. The van der Waals surface area contributed by atoms with Crippen molar-refractivity contribution in [3.8, 4) is 0 Å². The first-order chi connectivity index (χ1) is 11.3. The Morgan fingerprint density at radius 2 is 1.83 bits per heavy atom. The Bertz CT molecular complexity index is 596. The van der Waals surface area contributed by atoms with Gasteiger partial charge in [-0.05, 0) is 35.8 Å². The van der Waals surface area contributed by atoms with Gasteiger partial charge in [0.25, 0.3) is 0 Å². The van der Waals surface area contributed by atoms with E-state index in [-0.39, 0.29) is 0 Å². The number of nitrogens with zero attached hydrogens (tertiary/aromatic N) is 1. The topological polar surface area (TPSA) is 15.3 Å². The van der Waals surface area contributed by atoms with Crippen molar-refractivity contribution in [2.75, 3.05) is 32.7 Å². The lowest BCUT2D eigenvalue weighted by atomic mass is 9.91. The van der Waals surface area contributed by atoms with E-state index < -0.39 is 0 Å². The summed E-state index contributed by atoms with van der Waals surface area (Å²) < 4.78 is 0. The molecule has 23 heavy (non-hydrogen) atoms. The monoisotopic (exact) mass is 310 g/mol. The van der Waals surface area contributed by atoms with Crippen molar-refractivity contribution < 1.29 is 0 Å². The van der Waals surface area contributed by atoms with Crippen LogP contribution in [0.3, 0.4) is 0 Å². The zero-order chi connectivity index (χ0) is 16.5. The van der Waals surface area contributed by atoms with Crippen LogP contribution >= 0.6 is 0 Å². The van der Waals surface area contributed by atoms with Crippen molar-refractivity contribution in [2.45, 2.75) is 26.2 Å². The third-order valence-electron chi connectivity index (χ3n) is 4.60. The van der Waals surface area contributed by atoms with Crippen LogP contribution in [0.15, 0.2) is 55.1 Å². The standard InChI is InChI=1S/C21H30N2/c1-4-10-19(17-22-15-16-23(5-2)6-3)21-14-9-12-18-11-7-8-13-20(18)21/h4,7-9,11-14,19,22H,1,5-6,10,15-17H2,2-3H3/t19-/m1/s1. The average Bonchev–Trinajstić information content (AvgIpc) is 2.60. The summed E-state index contributed by atoms with van der Waals surface area (Å²) in [4.78, 5) is 2.45. The van der Waals surface area contributed by atoms with Gasteiger partial charge in [-0.1, -0.05) is 62.4 Å². The lowest BCUT2D eigenvalue weighted by molar-refractivity contribution is 0.301. The van der Waals surface area contributed by atoms with E-state index in [1.165, 1.54) is 16.3 Å². The molecule has 0 fully saturated rings. The number of hydrogen-bond acceptors (Lipinski definition) is 2. The molecule has 0 radical (unpaired) electrons. The number of rotatable bonds is 10. The minimum absolute atomic E-state index is 0.482. The van der Waals surface area contributed by atoms with Crippen molar-refractivity contribution in [1.29, 1.82) is 0 Å². The number of allylic oxidation sites excluding steroid dienone is 1. The van der Waals surface area contributed by atoms with E-state index >= 15 is 0 Å². The van der Waals surface area contributed by atoms with Crippen LogP contribution in [0, 0.1) is 0 Å². The molecule has 2 rings (SSSR count). The third kappa shape index (κ3) is 4.92. The summed E-state index contributed by atoms with van der Waals surface area (Å²) in [6.45, 7) is 13.8. The highest BCUT2D eigenvalue weighted by Crippen LogP contribution is 2.27. The number of fused-ring (bicyclic) bond motifs is 1. The van der Waals surface area contributed by atoms with Crippen molar-refractivity contribution in [3.05, 3.63) is 60.7 Å². The Morgan fingerprint density at radius 3 is 2.57 bits per heavy atom. The molecule has 0 heterocycles. The molecule has 0 aliphatic carbocycles. The minimum Gasteiger partial charge on any atom is -0.315 e. The van der Waals surface area contributed by atoms with E-state index in [2.05, 4.69) is 73.1 Å². The van der Waals surface area contributed by atoms with Gasteiger partial charge in [-0.2, -0.15) is 0 Å². The predicted octanol–water partition coefficient (Wildman–Crippen LogP) is 4.43. The fourth-order valence-corrected chi connectivity index (χ4v) is 3.18. The Balaban J connectivity index is 2.04. The van der Waals surface area contributed by atoms with E-state index in [4.69, 9.17) is 0 Å². The number of benzene rings is 2. The van der Waals surface area contributed by atoms with E-state index in [0.717, 1.165) is 39.1 Å². The molecule has 0 spiro atoms. The fraction of sp³-hybridized carbons (Fsp3) is 0.429. The summed E-state index contributed by atoms with van der Waals surface area (Å²) in [5.41, 5.74) is 1.43. The maximum atomic E-state index is 3.95. The minimum atomic E-state index is 0.482. The van der Waals surface area contributed by atoms with Gasteiger partial charge in [0.2, 0.25) is 0 Å². The molecule has 2 aromatic rings. The summed E-state index contributed by atoms with van der Waals surface area (Å²) >= 11 is 0. The highest BCUT2D eigenvalue weighted by Gasteiger charge is 2.12. The van der Waals surface area contributed by atoms with Gasteiger partial charge >= 0.3 is 0 Å². The summed E-state index contributed by atoms with van der Waals surface area (Å²) in [5, 5.41) is 6.33. The molecule has 0 saturated carbocycles. The van der Waals surface area contributed by atoms with E-state index in [1.807, 2.05) is 6.08 Å². The zero-order valence-electron chi connectivity index (χ0n) is 14.6. The smallest absolute Gasteiger partial charge is 0.0107 e. The Hall–Kier alpha value is -1.64. The third-order valence-corrected chi connectivity index (χ3v) is 4.60. The zero-order valence-corrected chi connectivity index (χ0v) is 14.6. The maximum absolute atomic E-state index is 3.95. The normalized spacial score (nSPS) is 12.7. The molecule has 2 heteroatoms. The summed E-state index contributed by atoms with van der Waals surface area (Å²) in [7, 11) is 0. The predicted molar refractivity (Wildman–Crippen MR) is 102 cm³/mol. The molecule has 0 amide bonds. The van der Waals surface area contributed by atoms with Crippen LogP contribution in [0.1, 0.15) is 31.7 Å². The molecule has 2 nitrogen and oxygen atoms in total. The number of nitrogens with one attached hydrogen (secondary N) is 1. The Kier molecular flexibility index (Phi) is 7.31. The highest BCUT2D eigenvalue weighted by atomic mass is 15.1. The molecule has 1 N–H and O–H groups in total. The lowest BCUT2D eigenvalue weighted by Crippen LogP contribution is -2.33. The molecule has 0 unspecified atom stereocenters. The molecule has 0 aromatic heterocycles. The fourth-order valence-electron chi connectivity index (χ4n) is 3.18. The Morgan fingerprint density at radius 1 is 1.09 bits per heavy atom. The van der Waals surface area contributed by atoms with Gasteiger partial charge in [-0.3, -0.25) is 0 Å². The van der Waals surface area contributed by atoms with Crippen LogP contribution in [-0.4, -0.2) is 37.6 Å². The summed E-state index contributed by atoms with van der Waals surface area (Å²) in [6.07, 6.45) is 3.05. The van der Waals surface area contributed by atoms with Crippen LogP contribution < -0.4 is 5.32 Å². The molecule has 0 aliphatic heterocycles. The molecule has 0 aliphatic rings. The van der Waals surface area contributed by atoms with Gasteiger partial charge in [-0.25, -0.2) is 0 Å². The van der Waals surface area contributed by atoms with Crippen molar-refractivity contribution in [3.63, 3.8) is 0 Å². The average molecular weight is 310 g/mol. The summed E-state index contributed by atoms with van der Waals surface area (Å²) in [6, 6.07) is 15.3. The van der Waals surface area contributed by atoms with E-state index in [9.17, 15) is 0 Å². The van der Waals surface area contributed by atoms with Crippen LogP contribution in [0.25, 0.3) is 10.8 Å². The molecular formula is C21H30N2. The van der Waals surface area contributed by atoms with Crippen LogP contribution in [0.5, 0.6) is 0 Å².